The highest BCUT2D eigenvalue weighted by molar-refractivity contribution is 5.87. The molecule has 0 aromatic heterocycles. The van der Waals surface area contributed by atoms with E-state index in [1.165, 1.54) is 19.3 Å². The number of carboxylic acid groups (broad SMARTS) is 1. The van der Waals surface area contributed by atoms with Crippen molar-refractivity contribution in [2.75, 3.05) is 6.54 Å². The van der Waals surface area contributed by atoms with Gasteiger partial charge in [-0.3, -0.25) is 0 Å². The van der Waals surface area contributed by atoms with E-state index in [1.807, 2.05) is 12.1 Å². The van der Waals surface area contributed by atoms with Gasteiger partial charge >= 0.3 is 5.97 Å². The fourth-order valence-corrected chi connectivity index (χ4v) is 1.88. The average Bonchev–Trinajstić information content (AvgIpc) is 2.22. The summed E-state index contributed by atoms with van der Waals surface area (Å²) in [5, 5.41) is 12.2. The third kappa shape index (κ3) is 2.83. The van der Waals surface area contributed by atoms with Crippen LogP contribution in [0.1, 0.15) is 35.2 Å². The molecule has 0 radical (unpaired) electrons. The minimum Gasteiger partial charge on any atom is -0.478 e. The lowest BCUT2D eigenvalue weighted by molar-refractivity contribution is 0.0697. The lowest BCUT2D eigenvalue weighted by Gasteiger charge is -2.25. The van der Waals surface area contributed by atoms with Crippen LogP contribution < -0.4 is 5.32 Å². The largest absolute Gasteiger partial charge is 0.478 e. The van der Waals surface area contributed by atoms with Crippen LogP contribution in [0.3, 0.4) is 0 Å². The van der Waals surface area contributed by atoms with Crippen LogP contribution in [-0.4, -0.2) is 17.6 Å². The number of rotatable bonds is 5. The van der Waals surface area contributed by atoms with Gasteiger partial charge in [-0.05, 0) is 43.0 Å². The molecule has 2 rings (SSSR count). The Hall–Kier alpha value is -1.35. The minimum absolute atomic E-state index is 0.350. The second-order valence-corrected chi connectivity index (χ2v) is 4.43. The highest BCUT2D eigenvalue weighted by Gasteiger charge is 2.16. The van der Waals surface area contributed by atoms with Gasteiger partial charge in [-0.25, -0.2) is 4.79 Å². The Labute approximate surface area is 95.5 Å². The van der Waals surface area contributed by atoms with Crippen LogP contribution in [0.2, 0.25) is 0 Å². The summed E-state index contributed by atoms with van der Waals surface area (Å²) >= 11 is 0. The lowest BCUT2D eigenvalue weighted by Crippen LogP contribution is -2.26. The van der Waals surface area contributed by atoms with E-state index in [2.05, 4.69) is 5.32 Å². The van der Waals surface area contributed by atoms with Gasteiger partial charge in [0.05, 0.1) is 5.56 Å². The van der Waals surface area contributed by atoms with Crippen molar-refractivity contribution in [1.29, 1.82) is 0 Å². The molecule has 0 bridgehead atoms. The maximum absolute atomic E-state index is 10.6. The van der Waals surface area contributed by atoms with Gasteiger partial charge in [-0.15, -0.1) is 0 Å². The number of benzene rings is 1. The molecule has 0 amide bonds. The van der Waals surface area contributed by atoms with Gasteiger partial charge in [-0.1, -0.05) is 18.6 Å². The first-order chi connectivity index (χ1) is 7.75. The summed E-state index contributed by atoms with van der Waals surface area (Å²) in [6, 6.07) is 7.06. The molecular formula is C13H17NO2. The van der Waals surface area contributed by atoms with Crippen LogP contribution >= 0.6 is 0 Å². The minimum atomic E-state index is -0.867. The van der Waals surface area contributed by atoms with Crippen LogP contribution in [0.4, 0.5) is 0 Å². The van der Waals surface area contributed by atoms with Gasteiger partial charge in [-0.2, -0.15) is 0 Å². The molecule has 0 atom stereocenters. The van der Waals surface area contributed by atoms with E-state index in [9.17, 15) is 4.79 Å². The molecule has 0 spiro atoms. The first kappa shape index (κ1) is 11.1. The van der Waals surface area contributed by atoms with Gasteiger partial charge in [0.15, 0.2) is 0 Å². The topological polar surface area (TPSA) is 49.3 Å². The van der Waals surface area contributed by atoms with Crippen molar-refractivity contribution < 1.29 is 9.90 Å². The third-order valence-corrected chi connectivity index (χ3v) is 3.19. The molecule has 0 saturated heterocycles. The Kier molecular flexibility index (Phi) is 3.57. The second kappa shape index (κ2) is 5.12. The molecule has 2 N–H and O–H groups in total. The van der Waals surface area contributed by atoms with Crippen LogP contribution in [0.25, 0.3) is 0 Å². The molecule has 86 valence electrons. The molecule has 1 aromatic rings. The zero-order valence-electron chi connectivity index (χ0n) is 9.28. The van der Waals surface area contributed by atoms with E-state index in [0.29, 0.717) is 5.56 Å². The first-order valence-electron chi connectivity index (χ1n) is 5.78. The highest BCUT2D eigenvalue weighted by atomic mass is 16.4. The Morgan fingerprint density at radius 2 is 2.00 bits per heavy atom. The maximum atomic E-state index is 10.6. The number of aromatic carboxylic acids is 1. The molecule has 0 unspecified atom stereocenters. The van der Waals surface area contributed by atoms with Crippen molar-refractivity contribution in [1.82, 2.24) is 5.32 Å². The van der Waals surface area contributed by atoms with E-state index < -0.39 is 5.97 Å². The Morgan fingerprint density at radius 1 is 1.31 bits per heavy atom. The fourth-order valence-electron chi connectivity index (χ4n) is 1.88. The Bertz CT molecular complexity index is 355. The summed E-state index contributed by atoms with van der Waals surface area (Å²) in [5.74, 6) is -0.00716. The summed E-state index contributed by atoms with van der Waals surface area (Å²) in [5.41, 5.74) is 1.49. The molecule has 1 aliphatic rings. The molecule has 1 aliphatic carbocycles. The molecule has 1 aromatic carbocycles. The van der Waals surface area contributed by atoms with Gasteiger partial charge in [0.25, 0.3) is 0 Å². The Morgan fingerprint density at radius 3 is 2.50 bits per heavy atom. The van der Waals surface area contributed by atoms with E-state index in [1.54, 1.807) is 12.1 Å². The normalized spacial score (nSPS) is 15.8. The summed E-state index contributed by atoms with van der Waals surface area (Å²) in [6.07, 6.45) is 4.08. The van der Waals surface area contributed by atoms with Gasteiger partial charge < -0.3 is 10.4 Å². The molecular weight excluding hydrogens is 202 g/mol. The summed E-state index contributed by atoms with van der Waals surface area (Å²) in [4.78, 5) is 10.6. The van der Waals surface area contributed by atoms with Crippen LogP contribution in [0, 0.1) is 5.92 Å². The fraction of sp³-hybridized carbons (Fsp3) is 0.462. The van der Waals surface area contributed by atoms with Gasteiger partial charge in [0.1, 0.15) is 0 Å². The molecule has 3 heteroatoms. The monoisotopic (exact) mass is 219 g/mol. The van der Waals surface area contributed by atoms with Gasteiger partial charge in [0, 0.05) is 6.54 Å². The molecule has 0 heterocycles. The van der Waals surface area contributed by atoms with E-state index in [4.69, 9.17) is 5.11 Å². The second-order valence-electron chi connectivity index (χ2n) is 4.43. The van der Waals surface area contributed by atoms with Crippen LogP contribution in [0.5, 0.6) is 0 Å². The standard InChI is InChI=1S/C13H17NO2/c15-13(16)12-6-4-11(5-7-12)9-14-8-10-2-1-3-10/h4-7,10,14H,1-3,8-9H2,(H,15,16). The maximum Gasteiger partial charge on any atom is 0.335 e. The van der Waals surface area contributed by atoms with Crippen molar-refractivity contribution >= 4 is 5.97 Å². The third-order valence-electron chi connectivity index (χ3n) is 3.19. The quantitative estimate of drug-likeness (QED) is 0.798. The summed E-state index contributed by atoms with van der Waals surface area (Å²) in [7, 11) is 0. The predicted molar refractivity (Wildman–Crippen MR) is 62.4 cm³/mol. The van der Waals surface area contributed by atoms with Crippen molar-refractivity contribution in [2.24, 2.45) is 5.92 Å². The summed E-state index contributed by atoms with van der Waals surface area (Å²) < 4.78 is 0. The number of carboxylic acids is 1. The zero-order chi connectivity index (χ0) is 11.4. The predicted octanol–water partition coefficient (Wildman–Crippen LogP) is 2.27. The van der Waals surface area contributed by atoms with Crippen molar-refractivity contribution in [3.8, 4) is 0 Å². The Balaban J connectivity index is 1.78. The van der Waals surface area contributed by atoms with E-state index >= 15 is 0 Å². The number of hydrogen-bond acceptors (Lipinski definition) is 2. The van der Waals surface area contributed by atoms with E-state index in [0.717, 1.165) is 24.6 Å². The van der Waals surface area contributed by atoms with Crippen LogP contribution in [-0.2, 0) is 6.54 Å². The molecule has 1 fully saturated rings. The smallest absolute Gasteiger partial charge is 0.335 e. The SMILES string of the molecule is O=C(O)c1ccc(CNCC2CCC2)cc1. The summed E-state index contributed by atoms with van der Waals surface area (Å²) in [6.45, 7) is 1.91. The molecule has 1 saturated carbocycles. The molecule has 3 nitrogen and oxygen atoms in total. The average molecular weight is 219 g/mol. The van der Waals surface area contributed by atoms with Crippen LogP contribution in [0.15, 0.2) is 24.3 Å². The number of hydrogen-bond donors (Lipinski definition) is 2. The number of nitrogens with one attached hydrogen (secondary N) is 1. The van der Waals surface area contributed by atoms with Crippen molar-refractivity contribution in [3.63, 3.8) is 0 Å². The number of carbonyl (C=O) groups is 1. The van der Waals surface area contributed by atoms with E-state index in [-0.39, 0.29) is 0 Å². The van der Waals surface area contributed by atoms with Crippen molar-refractivity contribution in [2.45, 2.75) is 25.8 Å². The molecule has 0 aliphatic heterocycles. The van der Waals surface area contributed by atoms with Gasteiger partial charge in [0.2, 0.25) is 0 Å². The van der Waals surface area contributed by atoms with Crippen molar-refractivity contribution in [3.05, 3.63) is 35.4 Å². The zero-order valence-corrected chi connectivity index (χ0v) is 9.28. The molecule has 16 heavy (non-hydrogen) atoms. The first-order valence-corrected chi connectivity index (χ1v) is 5.78. The lowest BCUT2D eigenvalue weighted by atomic mass is 9.85. The highest BCUT2D eigenvalue weighted by Crippen LogP contribution is 2.25.